The molecule has 0 amide bonds. The van der Waals surface area contributed by atoms with Gasteiger partial charge < -0.3 is 9.80 Å². The largest absolute Gasteiger partial charge is 0.303 e. The first-order chi connectivity index (χ1) is 8.68. The van der Waals surface area contributed by atoms with E-state index in [4.69, 9.17) is 11.6 Å². The molecule has 3 atom stereocenters. The van der Waals surface area contributed by atoms with Crippen LogP contribution in [0.2, 0.25) is 0 Å². The van der Waals surface area contributed by atoms with Crippen LogP contribution in [0.4, 0.5) is 0 Å². The third-order valence-electron chi connectivity index (χ3n) is 4.95. The van der Waals surface area contributed by atoms with Gasteiger partial charge in [0.15, 0.2) is 0 Å². The van der Waals surface area contributed by atoms with Gasteiger partial charge in [0.25, 0.3) is 0 Å². The molecule has 3 heteroatoms. The number of alkyl halides is 1. The summed E-state index contributed by atoms with van der Waals surface area (Å²) in [5, 5.41) is 0.382. The van der Waals surface area contributed by atoms with Crippen molar-refractivity contribution in [3.05, 3.63) is 0 Å². The zero-order chi connectivity index (χ0) is 13.0. The van der Waals surface area contributed by atoms with Crippen LogP contribution >= 0.6 is 11.6 Å². The van der Waals surface area contributed by atoms with Crippen molar-refractivity contribution < 1.29 is 0 Å². The van der Waals surface area contributed by atoms with Gasteiger partial charge in [0.05, 0.1) is 0 Å². The van der Waals surface area contributed by atoms with E-state index in [9.17, 15) is 0 Å². The minimum absolute atomic E-state index is 0.382. The number of hydrogen-bond donors (Lipinski definition) is 0. The molecule has 2 nitrogen and oxygen atoms in total. The summed E-state index contributed by atoms with van der Waals surface area (Å²) >= 11 is 6.48. The second kappa shape index (κ2) is 7.12. The van der Waals surface area contributed by atoms with Crippen LogP contribution in [0.5, 0.6) is 0 Å². The van der Waals surface area contributed by atoms with Crippen molar-refractivity contribution in [3.63, 3.8) is 0 Å². The van der Waals surface area contributed by atoms with E-state index in [1.165, 1.54) is 64.5 Å². The Balaban J connectivity index is 1.74. The van der Waals surface area contributed by atoms with E-state index < -0.39 is 0 Å². The Labute approximate surface area is 118 Å². The third kappa shape index (κ3) is 3.85. The fraction of sp³-hybridized carbons (Fsp3) is 1.00. The molecule has 106 valence electrons. The standard InChI is InChI=1S/C15H29ClN2/c1-17-11-6-5-7-13(17)10-12-18(2)15-9-4-3-8-14(15)16/h13-15H,3-12H2,1-2H3. The number of halogens is 1. The SMILES string of the molecule is CN1CCCCC1CCN(C)C1CCCCC1Cl. The maximum Gasteiger partial charge on any atom is 0.0491 e. The van der Waals surface area contributed by atoms with Gasteiger partial charge in [0.2, 0.25) is 0 Å². The van der Waals surface area contributed by atoms with E-state index in [-0.39, 0.29) is 0 Å². The molecule has 0 aromatic rings. The van der Waals surface area contributed by atoms with Crippen LogP contribution in [0.25, 0.3) is 0 Å². The minimum atomic E-state index is 0.382. The third-order valence-corrected chi connectivity index (χ3v) is 5.46. The molecule has 1 aliphatic heterocycles. The van der Waals surface area contributed by atoms with Crippen LogP contribution in [-0.4, -0.2) is 54.4 Å². The lowest BCUT2D eigenvalue weighted by Gasteiger charge is -2.38. The average molecular weight is 273 g/mol. The molecule has 1 saturated heterocycles. The van der Waals surface area contributed by atoms with Crippen molar-refractivity contribution in [2.45, 2.75) is 68.8 Å². The van der Waals surface area contributed by atoms with Crippen molar-refractivity contribution >= 4 is 11.6 Å². The second-order valence-electron chi connectivity index (χ2n) is 6.27. The Morgan fingerprint density at radius 3 is 2.56 bits per heavy atom. The van der Waals surface area contributed by atoms with Crippen molar-refractivity contribution in [3.8, 4) is 0 Å². The fourth-order valence-electron chi connectivity index (χ4n) is 3.59. The highest BCUT2D eigenvalue weighted by atomic mass is 35.5. The van der Waals surface area contributed by atoms with E-state index >= 15 is 0 Å². The highest BCUT2D eigenvalue weighted by molar-refractivity contribution is 6.21. The zero-order valence-corrected chi connectivity index (χ0v) is 12.8. The van der Waals surface area contributed by atoms with Gasteiger partial charge in [0.1, 0.15) is 0 Å². The first kappa shape index (κ1) is 14.6. The first-order valence-corrected chi connectivity index (χ1v) is 8.16. The maximum atomic E-state index is 6.48. The zero-order valence-electron chi connectivity index (χ0n) is 12.1. The Kier molecular flexibility index (Phi) is 5.78. The highest BCUT2D eigenvalue weighted by Crippen LogP contribution is 2.27. The predicted octanol–water partition coefficient (Wildman–Crippen LogP) is 3.34. The first-order valence-electron chi connectivity index (χ1n) is 7.73. The smallest absolute Gasteiger partial charge is 0.0491 e. The van der Waals surface area contributed by atoms with Crippen molar-refractivity contribution in [2.75, 3.05) is 27.2 Å². The second-order valence-corrected chi connectivity index (χ2v) is 6.83. The van der Waals surface area contributed by atoms with Crippen molar-refractivity contribution in [1.82, 2.24) is 9.80 Å². The Morgan fingerprint density at radius 2 is 1.83 bits per heavy atom. The summed E-state index contributed by atoms with van der Waals surface area (Å²) in [6.07, 6.45) is 10.7. The molecular weight excluding hydrogens is 244 g/mol. The molecule has 1 heterocycles. The summed E-state index contributed by atoms with van der Waals surface area (Å²) in [6.45, 7) is 2.50. The van der Waals surface area contributed by atoms with Crippen LogP contribution < -0.4 is 0 Å². The lowest BCUT2D eigenvalue weighted by atomic mass is 9.93. The number of hydrogen-bond acceptors (Lipinski definition) is 2. The van der Waals surface area contributed by atoms with Gasteiger partial charge in [-0.2, -0.15) is 0 Å². The molecular formula is C15H29ClN2. The van der Waals surface area contributed by atoms with Gasteiger partial charge in [-0.1, -0.05) is 19.3 Å². The monoisotopic (exact) mass is 272 g/mol. The summed E-state index contributed by atoms with van der Waals surface area (Å²) in [6, 6.07) is 1.42. The van der Waals surface area contributed by atoms with Crippen LogP contribution in [0.3, 0.4) is 0 Å². The van der Waals surface area contributed by atoms with E-state index in [2.05, 4.69) is 23.9 Å². The summed E-state index contributed by atoms with van der Waals surface area (Å²) in [4.78, 5) is 5.08. The number of likely N-dealkylation sites (tertiary alicyclic amines) is 1. The van der Waals surface area contributed by atoms with Gasteiger partial charge in [-0.15, -0.1) is 11.6 Å². The fourth-order valence-corrected chi connectivity index (χ4v) is 4.06. The number of rotatable bonds is 4. The van der Waals surface area contributed by atoms with Crippen LogP contribution in [0.15, 0.2) is 0 Å². The Bertz CT molecular complexity index is 247. The lowest BCUT2D eigenvalue weighted by molar-refractivity contribution is 0.137. The quantitative estimate of drug-likeness (QED) is 0.725. The van der Waals surface area contributed by atoms with E-state index in [0.717, 1.165) is 6.04 Å². The van der Waals surface area contributed by atoms with Crippen molar-refractivity contribution in [1.29, 1.82) is 0 Å². The Morgan fingerprint density at radius 1 is 1.11 bits per heavy atom. The van der Waals surface area contributed by atoms with E-state index in [1.807, 2.05) is 0 Å². The number of nitrogens with zero attached hydrogens (tertiary/aromatic N) is 2. The van der Waals surface area contributed by atoms with Crippen LogP contribution in [0, 0.1) is 0 Å². The van der Waals surface area contributed by atoms with Gasteiger partial charge in [-0.25, -0.2) is 0 Å². The topological polar surface area (TPSA) is 6.48 Å². The minimum Gasteiger partial charge on any atom is -0.303 e. The van der Waals surface area contributed by atoms with Crippen LogP contribution in [-0.2, 0) is 0 Å². The predicted molar refractivity (Wildman–Crippen MR) is 79.4 cm³/mol. The Hall–Kier alpha value is 0.210. The summed E-state index contributed by atoms with van der Waals surface area (Å²) in [5.74, 6) is 0. The molecule has 0 N–H and O–H groups in total. The molecule has 0 aromatic carbocycles. The van der Waals surface area contributed by atoms with Gasteiger partial charge in [0, 0.05) is 17.5 Å². The molecule has 1 aliphatic carbocycles. The maximum absolute atomic E-state index is 6.48. The molecule has 2 aliphatic rings. The molecule has 2 rings (SSSR count). The summed E-state index contributed by atoms with van der Waals surface area (Å²) in [7, 11) is 4.56. The molecule has 1 saturated carbocycles. The number of piperidine rings is 1. The molecule has 3 unspecified atom stereocenters. The lowest BCUT2D eigenvalue weighted by Crippen LogP contribution is -2.44. The van der Waals surface area contributed by atoms with Gasteiger partial charge in [-0.05, 0) is 59.3 Å². The van der Waals surface area contributed by atoms with E-state index in [0.29, 0.717) is 11.4 Å². The summed E-state index contributed by atoms with van der Waals surface area (Å²) < 4.78 is 0. The van der Waals surface area contributed by atoms with Gasteiger partial charge >= 0.3 is 0 Å². The molecule has 2 fully saturated rings. The molecule has 0 spiro atoms. The molecule has 0 bridgehead atoms. The van der Waals surface area contributed by atoms with E-state index in [1.54, 1.807) is 0 Å². The average Bonchev–Trinajstić information content (AvgIpc) is 2.38. The van der Waals surface area contributed by atoms with Gasteiger partial charge in [-0.3, -0.25) is 0 Å². The highest BCUT2D eigenvalue weighted by Gasteiger charge is 2.27. The summed E-state index contributed by atoms with van der Waals surface area (Å²) in [5.41, 5.74) is 0. The molecule has 0 aromatic heterocycles. The van der Waals surface area contributed by atoms with Crippen molar-refractivity contribution in [2.24, 2.45) is 0 Å². The molecule has 18 heavy (non-hydrogen) atoms. The van der Waals surface area contributed by atoms with Crippen LogP contribution in [0.1, 0.15) is 51.4 Å². The molecule has 0 radical (unpaired) electrons. The normalized spacial score (nSPS) is 35.0.